The molecule has 8 heteroatoms. The van der Waals surface area contributed by atoms with E-state index in [4.69, 9.17) is 27.8 Å². The van der Waals surface area contributed by atoms with Crippen LogP contribution in [0.15, 0.2) is 35.2 Å². The lowest BCUT2D eigenvalue weighted by atomic mass is 10.0. The third-order valence-corrected chi connectivity index (χ3v) is 4.14. The summed E-state index contributed by atoms with van der Waals surface area (Å²) >= 11 is 11.6. The van der Waals surface area contributed by atoms with E-state index in [2.05, 4.69) is 0 Å². The second-order valence-electron chi connectivity index (χ2n) is 4.34. The van der Waals surface area contributed by atoms with Gasteiger partial charge in [0.25, 0.3) is 10.1 Å². The molecule has 0 aliphatic heterocycles. The molecular weight excluding hydrogens is 339 g/mol. The maximum absolute atomic E-state index is 11.2. The largest absolute Gasteiger partial charge is 0.508 e. The van der Waals surface area contributed by atoms with Crippen LogP contribution in [0, 0.1) is 0 Å². The molecule has 0 unspecified atom stereocenters. The highest BCUT2D eigenvalue weighted by atomic mass is 35.5. The summed E-state index contributed by atoms with van der Waals surface area (Å²) < 4.78 is 31.5. The van der Waals surface area contributed by atoms with Gasteiger partial charge in [0.05, 0.1) is 0 Å². The van der Waals surface area contributed by atoms with Gasteiger partial charge in [-0.3, -0.25) is 4.55 Å². The molecular formula is C13H10Cl2O5S. The molecule has 2 aromatic carbocycles. The molecule has 3 N–H and O–H groups in total. The minimum atomic E-state index is -4.61. The molecule has 0 bridgehead atoms. The Bertz CT molecular complexity index is 802. The Morgan fingerprint density at radius 3 is 2.19 bits per heavy atom. The van der Waals surface area contributed by atoms with Crippen molar-refractivity contribution in [3.63, 3.8) is 0 Å². The fourth-order valence-electron chi connectivity index (χ4n) is 1.86. The molecule has 0 aliphatic rings. The van der Waals surface area contributed by atoms with Gasteiger partial charge in [0, 0.05) is 22.0 Å². The quantitative estimate of drug-likeness (QED) is 0.740. The van der Waals surface area contributed by atoms with E-state index in [0.29, 0.717) is 10.6 Å². The summed E-state index contributed by atoms with van der Waals surface area (Å²) in [5, 5.41) is 20.1. The Kier molecular flexibility index (Phi) is 4.34. The lowest BCUT2D eigenvalue weighted by molar-refractivity contribution is 0.438. The first-order valence-corrected chi connectivity index (χ1v) is 7.84. The third-order valence-electron chi connectivity index (χ3n) is 2.82. The van der Waals surface area contributed by atoms with E-state index >= 15 is 0 Å². The van der Waals surface area contributed by atoms with E-state index in [1.807, 2.05) is 0 Å². The fourth-order valence-corrected chi connectivity index (χ4v) is 3.01. The zero-order chi connectivity index (χ0) is 15.8. The highest BCUT2D eigenvalue weighted by Crippen LogP contribution is 2.34. The van der Waals surface area contributed by atoms with E-state index in [1.54, 1.807) is 0 Å². The van der Waals surface area contributed by atoms with Gasteiger partial charge in [-0.05, 0) is 35.9 Å². The second kappa shape index (κ2) is 5.73. The highest BCUT2D eigenvalue weighted by molar-refractivity contribution is 7.86. The van der Waals surface area contributed by atoms with Crippen molar-refractivity contribution in [3.05, 3.63) is 51.5 Å². The molecule has 0 heterocycles. The minimum absolute atomic E-state index is 0.0126. The van der Waals surface area contributed by atoms with Gasteiger partial charge >= 0.3 is 0 Å². The molecule has 0 spiro atoms. The summed E-state index contributed by atoms with van der Waals surface area (Å²) in [6, 6.07) is 6.62. The van der Waals surface area contributed by atoms with E-state index in [1.165, 1.54) is 24.3 Å². The summed E-state index contributed by atoms with van der Waals surface area (Å²) in [7, 11) is -4.61. The predicted molar refractivity (Wildman–Crippen MR) is 78.9 cm³/mol. The number of phenolic OH excluding ortho intramolecular Hbond substituents is 2. The van der Waals surface area contributed by atoms with Crippen molar-refractivity contribution in [2.24, 2.45) is 0 Å². The van der Waals surface area contributed by atoms with E-state index in [0.717, 1.165) is 6.07 Å². The topological polar surface area (TPSA) is 94.8 Å². The first-order chi connectivity index (χ1) is 9.68. The molecule has 0 saturated heterocycles. The minimum Gasteiger partial charge on any atom is -0.508 e. The van der Waals surface area contributed by atoms with Crippen LogP contribution in [0.2, 0.25) is 10.0 Å². The van der Waals surface area contributed by atoms with Gasteiger partial charge in [-0.25, -0.2) is 0 Å². The van der Waals surface area contributed by atoms with E-state index in [9.17, 15) is 18.6 Å². The molecule has 0 aromatic heterocycles. The molecule has 0 radical (unpaired) electrons. The molecule has 2 aromatic rings. The Morgan fingerprint density at radius 2 is 1.57 bits per heavy atom. The lowest BCUT2D eigenvalue weighted by Crippen LogP contribution is -2.01. The standard InChI is InChI=1S/C13H10Cl2O5S/c14-9-1-2-11(16)7(4-9)3-8-5-10(15)6-12(13(8)17)21(18,19)20/h1-2,4-6,16-17H,3H2,(H,18,19,20). The van der Waals surface area contributed by atoms with Crippen molar-refractivity contribution in [1.82, 2.24) is 0 Å². The van der Waals surface area contributed by atoms with Crippen molar-refractivity contribution in [2.45, 2.75) is 11.3 Å². The lowest BCUT2D eigenvalue weighted by Gasteiger charge is -2.10. The second-order valence-corrected chi connectivity index (χ2v) is 6.60. The van der Waals surface area contributed by atoms with Crippen LogP contribution in [0.5, 0.6) is 11.5 Å². The van der Waals surface area contributed by atoms with Crippen molar-refractivity contribution in [1.29, 1.82) is 0 Å². The number of halogens is 2. The summed E-state index contributed by atoms with van der Waals surface area (Å²) in [6.45, 7) is 0. The maximum atomic E-state index is 11.2. The zero-order valence-electron chi connectivity index (χ0n) is 10.4. The Morgan fingerprint density at radius 1 is 0.952 bits per heavy atom. The van der Waals surface area contributed by atoms with Crippen molar-refractivity contribution >= 4 is 33.3 Å². The van der Waals surface area contributed by atoms with E-state index in [-0.39, 0.29) is 22.8 Å². The smallest absolute Gasteiger partial charge is 0.298 e. The summed E-state index contributed by atoms with van der Waals surface area (Å²) in [5.74, 6) is -0.687. The van der Waals surface area contributed by atoms with Crippen LogP contribution in [-0.4, -0.2) is 23.2 Å². The SMILES string of the molecule is O=S(=O)(O)c1cc(Cl)cc(Cc2cc(Cl)ccc2O)c1O. The number of hydrogen-bond donors (Lipinski definition) is 3. The molecule has 112 valence electrons. The Balaban J connectivity index is 2.55. The van der Waals surface area contributed by atoms with Gasteiger partial charge < -0.3 is 10.2 Å². The predicted octanol–water partition coefficient (Wildman–Crippen LogP) is 3.24. The molecule has 2 rings (SSSR count). The molecule has 0 amide bonds. The number of aromatic hydroxyl groups is 2. The number of rotatable bonds is 3. The van der Waals surface area contributed by atoms with Crippen LogP contribution in [0.4, 0.5) is 0 Å². The molecule has 5 nitrogen and oxygen atoms in total. The van der Waals surface area contributed by atoms with Crippen LogP contribution in [0.1, 0.15) is 11.1 Å². The van der Waals surface area contributed by atoms with Crippen LogP contribution < -0.4 is 0 Å². The van der Waals surface area contributed by atoms with Crippen LogP contribution in [0.3, 0.4) is 0 Å². The maximum Gasteiger partial charge on any atom is 0.298 e. The third kappa shape index (κ3) is 3.59. The summed E-state index contributed by atoms with van der Waals surface area (Å²) in [4.78, 5) is -0.688. The first kappa shape index (κ1) is 15.9. The van der Waals surface area contributed by atoms with Crippen molar-refractivity contribution in [3.8, 4) is 11.5 Å². The summed E-state index contributed by atoms with van der Waals surface area (Å²) in [6.07, 6.45) is -0.0126. The molecule has 0 atom stereocenters. The average molecular weight is 349 g/mol. The monoisotopic (exact) mass is 348 g/mol. The number of hydrogen-bond acceptors (Lipinski definition) is 4. The molecule has 0 saturated carbocycles. The molecule has 0 fully saturated rings. The normalized spacial score (nSPS) is 11.6. The van der Waals surface area contributed by atoms with Crippen LogP contribution >= 0.6 is 23.2 Å². The fraction of sp³-hybridized carbons (Fsp3) is 0.0769. The number of phenols is 2. The highest BCUT2D eigenvalue weighted by Gasteiger charge is 2.20. The zero-order valence-corrected chi connectivity index (χ0v) is 12.7. The van der Waals surface area contributed by atoms with Crippen LogP contribution in [-0.2, 0) is 16.5 Å². The van der Waals surface area contributed by atoms with Gasteiger partial charge in [0.1, 0.15) is 16.4 Å². The van der Waals surface area contributed by atoms with E-state index < -0.39 is 20.8 Å². The van der Waals surface area contributed by atoms with Gasteiger partial charge in [-0.15, -0.1) is 0 Å². The Labute approximate surface area is 131 Å². The summed E-state index contributed by atoms with van der Waals surface area (Å²) in [5.41, 5.74) is 0.508. The van der Waals surface area contributed by atoms with Gasteiger partial charge in [0.15, 0.2) is 0 Å². The van der Waals surface area contributed by atoms with Gasteiger partial charge in [-0.1, -0.05) is 23.2 Å². The number of benzene rings is 2. The van der Waals surface area contributed by atoms with Gasteiger partial charge in [0.2, 0.25) is 0 Å². The first-order valence-electron chi connectivity index (χ1n) is 5.65. The molecule has 21 heavy (non-hydrogen) atoms. The van der Waals surface area contributed by atoms with Crippen LogP contribution in [0.25, 0.3) is 0 Å². The molecule has 0 aliphatic carbocycles. The van der Waals surface area contributed by atoms with Gasteiger partial charge in [-0.2, -0.15) is 8.42 Å². The van der Waals surface area contributed by atoms with Crippen molar-refractivity contribution in [2.75, 3.05) is 0 Å². The average Bonchev–Trinajstić information content (AvgIpc) is 2.36. The Hall–Kier alpha value is -1.47. The van der Waals surface area contributed by atoms with Crippen molar-refractivity contribution < 1.29 is 23.2 Å².